The molecule has 0 amide bonds. The Morgan fingerprint density at radius 2 is 2.50 bits per heavy atom. The largest absolute Gasteiger partial charge is 0.234 e. The molecule has 0 aliphatic heterocycles. The molecule has 0 saturated carbocycles. The van der Waals surface area contributed by atoms with Crippen LogP contribution in [-0.2, 0) is 4.79 Å². The van der Waals surface area contributed by atoms with Gasteiger partial charge in [0.05, 0.1) is 0 Å². The summed E-state index contributed by atoms with van der Waals surface area (Å²) in [4.78, 5) is 9.82. The van der Waals surface area contributed by atoms with Crippen molar-refractivity contribution in [3.63, 3.8) is 0 Å². The average molecular weight is 134 g/mol. The van der Waals surface area contributed by atoms with Gasteiger partial charge in [-0.3, -0.25) is 0 Å². The molecule has 0 aromatic carbocycles. The first kappa shape index (κ1) is 7.04. The molecule has 1 unspecified atom stereocenters. The highest BCUT2D eigenvalue weighted by atomic mass is 16.1. The summed E-state index contributed by atoms with van der Waals surface area (Å²) in [5.41, 5.74) is 0. The minimum absolute atomic E-state index is 0.520. The predicted octanol–water partition coefficient (Wildman–Crippen LogP) is 1.90. The molecule has 1 atom stereocenters. The predicted molar refractivity (Wildman–Crippen MR) is 41.3 cm³/mol. The van der Waals surface area contributed by atoms with Crippen molar-refractivity contribution in [1.82, 2.24) is 0 Å². The van der Waals surface area contributed by atoms with Gasteiger partial charge in [-0.2, -0.15) is 0 Å². The van der Waals surface area contributed by atoms with E-state index in [1.54, 1.807) is 12.0 Å². The molecule has 0 aromatic rings. The standard InChI is InChI=1S/C9H10O/c10-8-4-7-9-5-2-1-3-6-9/h1-5,9H,6-7H2. The Morgan fingerprint density at radius 3 is 3.10 bits per heavy atom. The molecule has 1 heteroatoms. The normalized spacial score (nSPS) is 22.2. The van der Waals surface area contributed by atoms with Gasteiger partial charge >= 0.3 is 0 Å². The third-order valence-corrected chi connectivity index (χ3v) is 1.57. The molecule has 1 aliphatic carbocycles. The number of hydrogen-bond acceptors (Lipinski definition) is 1. The van der Waals surface area contributed by atoms with Crippen molar-refractivity contribution in [1.29, 1.82) is 0 Å². The number of rotatable bonds is 2. The average Bonchev–Trinajstić information content (AvgIpc) is 2.03. The maximum Gasteiger partial charge on any atom is 0.120 e. The Morgan fingerprint density at radius 1 is 1.60 bits per heavy atom. The molecule has 0 spiro atoms. The molecule has 52 valence electrons. The molecule has 10 heavy (non-hydrogen) atoms. The van der Waals surface area contributed by atoms with Crippen LogP contribution in [0.2, 0.25) is 0 Å². The molecule has 0 heterocycles. The lowest BCUT2D eigenvalue weighted by Crippen LogP contribution is -1.94. The van der Waals surface area contributed by atoms with Crippen molar-refractivity contribution in [3.8, 4) is 0 Å². The highest BCUT2D eigenvalue weighted by Crippen LogP contribution is 2.14. The molecular formula is C9H10O. The zero-order chi connectivity index (χ0) is 7.23. The lowest BCUT2D eigenvalue weighted by Gasteiger charge is -2.07. The molecule has 0 saturated heterocycles. The molecule has 0 radical (unpaired) electrons. The molecule has 0 aromatic heterocycles. The molecule has 0 bridgehead atoms. The van der Waals surface area contributed by atoms with E-state index in [9.17, 15) is 4.79 Å². The zero-order valence-electron chi connectivity index (χ0n) is 5.79. The van der Waals surface area contributed by atoms with E-state index in [1.807, 2.05) is 12.2 Å². The van der Waals surface area contributed by atoms with E-state index >= 15 is 0 Å². The van der Waals surface area contributed by atoms with Crippen molar-refractivity contribution < 1.29 is 4.79 Å². The van der Waals surface area contributed by atoms with Crippen molar-refractivity contribution in [3.05, 3.63) is 30.4 Å². The topological polar surface area (TPSA) is 17.1 Å². The third kappa shape index (κ3) is 2.04. The van der Waals surface area contributed by atoms with Crippen molar-refractivity contribution in [2.45, 2.75) is 12.8 Å². The summed E-state index contributed by atoms with van der Waals surface area (Å²) >= 11 is 0. The highest BCUT2D eigenvalue weighted by Gasteiger charge is 2.01. The van der Waals surface area contributed by atoms with Gasteiger partial charge in [0, 0.05) is 6.08 Å². The molecule has 0 fully saturated rings. The van der Waals surface area contributed by atoms with Crippen LogP contribution in [0.4, 0.5) is 0 Å². The van der Waals surface area contributed by atoms with Gasteiger partial charge in [0.15, 0.2) is 0 Å². The Hall–Kier alpha value is -1.07. The van der Waals surface area contributed by atoms with Crippen LogP contribution in [0.1, 0.15) is 12.8 Å². The lowest BCUT2D eigenvalue weighted by atomic mass is 9.98. The van der Waals surface area contributed by atoms with Gasteiger partial charge in [-0.1, -0.05) is 24.3 Å². The summed E-state index contributed by atoms with van der Waals surface area (Å²) in [6.07, 6.45) is 11.7. The van der Waals surface area contributed by atoms with Crippen molar-refractivity contribution in [2.75, 3.05) is 0 Å². The maximum absolute atomic E-state index is 9.82. The summed E-state index contributed by atoms with van der Waals surface area (Å²) < 4.78 is 0. The Labute approximate surface area is 60.7 Å². The van der Waals surface area contributed by atoms with E-state index in [0.717, 1.165) is 12.8 Å². The summed E-state index contributed by atoms with van der Waals surface area (Å²) in [6, 6.07) is 0. The van der Waals surface area contributed by atoms with Gasteiger partial charge in [-0.05, 0) is 18.8 Å². The fraction of sp³-hybridized carbons (Fsp3) is 0.333. The molecule has 0 N–H and O–H groups in total. The van der Waals surface area contributed by atoms with Gasteiger partial charge < -0.3 is 0 Å². The molecular weight excluding hydrogens is 124 g/mol. The zero-order valence-corrected chi connectivity index (χ0v) is 5.79. The summed E-state index contributed by atoms with van der Waals surface area (Å²) in [5, 5.41) is 0. The number of allylic oxidation sites excluding steroid dienone is 5. The summed E-state index contributed by atoms with van der Waals surface area (Å²) in [7, 11) is 0. The van der Waals surface area contributed by atoms with Gasteiger partial charge in [0.2, 0.25) is 0 Å². The maximum atomic E-state index is 9.82. The van der Waals surface area contributed by atoms with Crippen LogP contribution in [0.5, 0.6) is 0 Å². The van der Waals surface area contributed by atoms with Gasteiger partial charge in [-0.25, -0.2) is 4.79 Å². The third-order valence-electron chi connectivity index (χ3n) is 1.57. The SMILES string of the molecule is O=C=CCC1C=CC=CC1. The fourth-order valence-corrected chi connectivity index (χ4v) is 1.01. The van der Waals surface area contributed by atoms with Crippen LogP contribution in [0.15, 0.2) is 30.4 Å². The molecule has 1 rings (SSSR count). The van der Waals surface area contributed by atoms with Crippen LogP contribution >= 0.6 is 0 Å². The first-order chi connectivity index (χ1) is 4.93. The van der Waals surface area contributed by atoms with E-state index in [0.29, 0.717) is 5.92 Å². The molecule has 1 nitrogen and oxygen atoms in total. The summed E-state index contributed by atoms with van der Waals surface area (Å²) in [6.45, 7) is 0. The van der Waals surface area contributed by atoms with Crippen LogP contribution < -0.4 is 0 Å². The Bertz CT molecular complexity index is 195. The van der Waals surface area contributed by atoms with E-state index in [1.165, 1.54) is 0 Å². The second-order valence-corrected chi connectivity index (χ2v) is 2.37. The molecule has 1 aliphatic rings. The van der Waals surface area contributed by atoms with Gasteiger partial charge in [0.1, 0.15) is 5.94 Å². The first-order valence-corrected chi connectivity index (χ1v) is 3.46. The Balaban J connectivity index is 2.36. The monoisotopic (exact) mass is 134 g/mol. The second-order valence-electron chi connectivity index (χ2n) is 2.37. The second kappa shape index (κ2) is 3.86. The Kier molecular flexibility index (Phi) is 2.72. The number of hydrogen-bond donors (Lipinski definition) is 0. The van der Waals surface area contributed by atoms with Crippen molar-refractivity contribution in [2.24, 2.45) is 5.92 Å². The van der Waals surface area contributed by atoms with E-state index < -0.39 is 0 Å². The highest BCUT2D eigenvalue weighted by molar-refractivity contribution is 5.44. The van der Waals surface area contributed by atoms with E-state index in [2.05, 4.69) is 12.2 Å². The smallest absolute Gasteiger partial charge is 0.120 e. The van der Waals surface area contributed by atoms with Crippen molar-refractivity contribution >= 4 is 5.94 Å². The number of carbonyl (C=O) groups excluding carboxylic acids is 1. The van der Waals surface area contributed by atoms with E-state index in [-0.39, 0.29) is 0 Å². The van der Waals surface area contributed by atoms with E-state index in [4.69, 9.17) is 0 Å². The first-order valence-electron chi connectivity index (χ1n) is 3.46. The minimum Gasteiger partial charge on any atom is -0.234 e. The van der Waals surface area contributed by atoms with Gasteiger partial charge in [-0.15, -0.1) is 0 Å². The minimum atomic E-state index is 0.520. The van der Waals surface area contributed by atoms with Crippen LogP contribution in [0.3, 0.4) is 0 Å². The summed E-state index contributed by atoms with van der Waals surface area (Å²) in [5.74, 6) is 2.30. The quantitative estimate of drug-likeness (QED) is 0.527. The van der Waals surface area contributed by atoms with Crippen LogP contribution in [-0.4, -0.2) is 5.94 Å². The lowest BCUT2D eigenvalue weighted by molar-refractivity contribution is 0.566. The fourth-order valence-electron chi connectivity index (χ4n) is 1.01. The van der Waals surface area contributed by atoms with Gasteiger partial charge in [0.25, 0.3) is 0 Å². The van der Waals surface area contributed by atoms with Crippen LogP contribution in [0, 0.1) is 5.92 Å². The van der Waals surface area contributed by atoms with Crippen LogP contribution in [0.25, 0.3) is 0 Å².